The maximum atomic E-state index is 12.0. The Morgan fingerprint density at radius 1 is 0.885 bits per heavy atom. The number of rotatable bonds is 5. The molecule has 0 aliphatic carbocycles. The number of ether oxygens (including phenoxy) is 2. The van der Waals surface area contributed by atoms with E-state index in [9.17, 15) is 9.59 Å². The van der Waals surface area contributed by atoms with E-state index in [1.807, 2.05) is 42.5 Å². The van der Waals surface area contributed by atoms with Crippen molar-refractivity contribution in [1.29, 1.82) is 0 Å². The highest BCUT2D eigenvalue weighted by molar-refractivity contribution is 5.91. The Morgan fingerprint density at radius 2 is 1.62 bits per heavy atom. The Balaban J connectivity index is 1.59. The van der Waals surface area contributed by atoms with Gasteiger partial charge < -0.3 is 9.47 Å². The van der Waals surface area contributed by atoms with Gasteiger partial charge in [-0.05, 0) is 47.5 Å². The molecule has 0 bridgehead atoms. The molecular formula is C21H19NO4. The van der Waals surface area contributed by atoms with E-state index in [0.29, 0.717) is 17.9 Å². The van der Waals surface area contributed by atoms with Crippen LogP contribution in [0.25, 0.3) is 10.8 Å². The number of benzene rings is 3. The van der Waals surface area contributed by atoms with Gasteiger partial charge in [0.05, 0.1) is 12.2 Å². The highest BCUT2D eigenvalue weighted by Gasteiger charge is 2.08. The summed E-state index contributed by atoms with van der Waals surface area (Å²) in [5.41, 5.74) is 1.92. The minimum absolute atomic E-state index is 0.175. The van der Waals surface area contributed by atoms with E-state index < -0.39 is 12.1 Å². The lowest BCUT2D eigenvalue weighted by molar-refractivity contribution is 0.0526. The molecule has 0 fully saturated rings. The van der Waals surface area contributed by atoms with Gasteiger partial charge >= 0.3 is 12.1 Å². The first-order valence-electron chi connectivity index (χ1n) is 8.35. The van der Waals surface area contributed by atoms with Crippen LogP contribution in [-0.4, -0.2) is 18.7 Å². The predicted octanol–water partition coefficient (Wildman–Crippen LogP) is 4.77. The van der Waals surface area contributed by atoms with Gasteiger partial charge in [-0.2, -0.15) is 0 Å². The van der Waals surface area contributed by atoms with E-state index in [1.165, 1.54) is 0 Å². The molecule has 0 aliphatic heterocycles. The van der Waals surface area contributed by atoms with Crippen LogP contribution in [0.2, 0.25) is 0 Å². The number of hydrogen-bond donors (Lipinski definition) is 1. The molecule has 0 aromatic heterocycles. The standard InChI is InChI=1S/C21H19NO4/c1-2-25-20(23)16-10-12-18(13-11-16)22-21(24)26-14-17-8-5-7-15-6-3-4-9-19(15)17/h3-13H,2,14H2,1H3,(H,22,24). The molecule has 26 heavy (non-hydrogen) atoms. The molecule has 0 unspecified atom stereocenters. The van der Waals surface area contributed by atoms with Crippen LogP contribution >= 0.6 is 0 Å². The molecule has 5 nitrogen and oxygen atoms in total. The van der Waals surface area contributed by atoms with Crippen molar-refractivity contribution < 1.29 is 19.1 Å². The van der Waals surface area contributed by atoms with E-state index in [2.05, 4.69) is 5.32 Å². The molecular weight excluding hydrogens is 330 g/mol. The number of nitrogens with one attached hydrogen (secondary N) is 1. The number of carbonyl (C=O) groups excluding carboxylic acids is 2. The lowest BCUT2D eigenvalue weighted by Gasteiger charge is -2.09. The highest BCUT2D eigenvalue weighted by Crippen LogP contribution is 2.19. The largest absolute Gasteiger partial charge is 0.462 e. The maximum Gasteiger partial charge on any atom is 0.411 e. The Bertz CT molecular complexity index is 913. The molecule has 3 rings (SSSR count). The average Bonchev–Trinajstić information content (AvgIpc) is 2.67. The van der Waals surface area contributed by atoms with E-state index >= 15 is 0 Å². The zero-order valence-corrected chi connectivity index (χ0v) is 14.4. The van der Waals surface area contributed by atoms with Crippen LogP contribution in [0.1, 0.15) is 22.8 Å². The SMILES string of the molecule is CCOC(=O)c1ccc(NC(=O)OCc2cccc3ccccc23)cc1. The first-order valence-corrected chi connectivity index (χ1v) is 8.35. The quantitative estimate of drug-likeness (QED) is 0.674. The zero-order chi connectivity index (χ0) is 18.4. The zero-order valence-electron chi connectivity index (χ0n) is 14.4. The summed E-state index contributed by atoms with van der Waals surface area (Å²) in [6, 6.07) is 20.3. The van der Waals surface area contributed by atoms with Gasteiger partial charge in [-0.25, -0.2) is 9.59 Å². The monoisotopic (exact) mass is 349 g/mol. The molecule has 0 saturated heterocycles. The molecule has 1 amide bonds. The lowest BCUT2D eigenvalue weighted by Crippen LogP contribution is -2.14. The van der Waals surface area contributed by atoms with E-state index in [0.717, 1.165) is 16.3 Å². The molecule has 1 N–H and O–H groups in total. The van der Waals surface area contributed by atoms with Crippen molar-refractivity contribution in [2.75, 3.05) is 11.9 Å². The van der Waals surface area contributed by atoms with Crippen molar-refractivity contribution in [3.05, 3.63) is 77.9 Å². The molecule has 0 spiro atoms. The third-order valence-corrected chi connectivity index (χ3v) is 3.88. The highest BCUT2D eigenvalue weighted by atomic mass is 16.5. The number of hydrogen-bond acceptors (Lipinski definition) is 4. The lowest BCUT2D eigenvalue weighted by atomic mass is 10.1. The third kappa shape index (κ3) is 4.19. The van der Waals surface area contributed by atoms with Gasteiger partial charge in [0.15, 0.2) is 0 Å². The smallest absolute Gasteiger partial charge is 0.411 e. The molecule has 132 valence electrons. The second-order valence-electron chi connectivity index (χ2n) is 5.64. The molecule has 0 atom stereocenters. The molecule has 0 heterocycles. The Morgan fingerprint density at radius 3 is 2.38 bits per heavy atom. The fraction of sp³-hybridized carbons (Fsp3) is 0.143. The normalized spacial score (nSPS) is 10.3. The molecule has 0 saturated carbocycles. The summed E-state index contributed by atoms with van der Waals surface area (Å²) >= 11 is 0. The second kappa shape index (κ2) is 8.16. The molecule has 0 radical (unpaired) electrons. The van der Waals surface area contributed by atoms with Crippen LogP contribution in [0.3, 0.4) is 0 Å². The van der Waals surface area contributed by atoms with Crippen molar-refractivity contribution >= 4 is 28.5 Å². The van der Waals surface area contributed by atoms with Crippen molar-refractivity contribution in [3.8, 4) is 0 Å². The number of anilines is 1. The van der Waals surface area contributed by atoms with E-state index in [-0.39, 0.29) is 6.61 Å². The topological polar surface area (TPSA) is 64.6 Å². The van der Waals surface area contributed by atoms with Gasteiger partial charge in [0, 0.05) is 5.69 Å². The van der Waals surface area contributed by atoms with Crippen LogP contribution in [0.15, 0.2) is 66.7 Å². The summed E-state index contributed by atoms with van der Waals surface area (Å²) in [4.78, 5) is 23.6. The summed E-state index contributed by atoms with van der Waals surface area (Å²) in [5, 5.41) is 4.80. The van der Waals surface area contributed by atoms with Crippen molar-refractivity contribution in [2.45, 2.75) is 13.5 Å². The minimum Gasteiger partial charge on any atom is -0.462 e. The number of fused-ring (bicyclic) bond motifs is 1. The Hall–Kier alpha value is -3.34. The fourth-order valence-electron chi connectivity index (χ4n) is 2.62. The van der Waals surface area contributed by atoms with Gasteiger partial charge in [-0.3, -0.25) is 5.32 Å². The van der Waals surface area contributed by atoms with Gasteiger partial charge in [0.2, 0.25) is 0 Å². The van der Waals surface area contributed by atoms with Crippen LogP contribution < -0.4 is 5.32 Å². The summed E-state index contributed by atoms with van der Waals surface area (Å²) in [6.07, 6.45) is -0.554. The summed E-state index contributed by atoms with van der Waals surface area (Å²) in [6.45, 7) is 2.24. The maximum absolute atomic E-state index is 12.0. The van der Waals surface area contributed by atoms with Gasteiger partial charge in [-0.15, -0.1) is 0 Å². The molecule has 3 aromatic rings. The Labute approximate surface area is 151 Å². The summed E-state index contributed by atoms with van der Waals surface area (Å²) < 4.78 is 10.2. The fourth-order valence-corrected chi connectivity index (χ4v) is 2.62. The Kier molecular flexibility index (Phi) is 5.49. The van der Waals surface area contributed by atoms with Crippen molar-refractivity contribution in [3.63, 3.8) is 0 Å². The van der Waals surface area contributed by atoms with Crippen LogP contribution in [0, 0.1) is 0 Å². The minimum atomic E-state index is -0.554. The van der Waals surface area contributed by atoms with Gasteiger partial charge in [-0.1, -0.05) is 42.5 Å². The van der Waals surface area contributed by atoms with Crippen LogP contribution in [0.4, 0.5) is 10.5 Å². The number of esters is 1. The first kappa shape index (κ1) is 17.5. The average molecular weight is 349 g/mol. The third-order valence-electron chi connectivity index (χ3n) is 3.88. The first-order chi connectivity index (χ1) is 12.7. The summed E-state index contributed by atoms with van der Waals surface area (Å²) in [7, 11) is 0. The summed E-state index contributed by atoms with van der Waals surface area (Å²) in [5.74, 6) is -0.391. The van der Waals surface area contributed by atoms with E-state index in [1.54, 1.807) is 31.2 Å². The molecule has 0 aliphatic rings. The number of amides is 1. The van der Waals surface area contributed by atoms with Crippen LogP contribution in [-0.2, 0) is 16.1 Å². The molecule has 3 aromatic carbocycles. The van der Waals surface area contributed by atoms with Gasteiger partial charge in [0.1, 0.15) is 6.61 Å². The second-order valence-corrected chi connectivity index (χ2v) is 5.64. The van der Waals surface area contributed by atoms with Gasteiger partial charge in [0.25, 0.3) is 0 Å². The van der Waals surface area contributed by atoms with Crippen molar-refractivity contribution in [1.82, 2.24) is 0 Å². The number of carbonyl (C=O) groups is 2. The predicted molar refractivity (Wildman–Crippen MR) is 100 cm³/mol. The van der Waals surface area contributed by atoms with Crippen LogP contribution in [0.5, 0.6) is 0 Å². The molecule has 5 heteroatoms. The van der Waals surface area contributed by atoms with E-state index in [4.69, 9.17) is 9.47 Å². The van der Waals surface area contributed by atoms with Crippen molar-refractivity contribution in [2.24, 2.45) is 0 Å².